The maximum absolute atomic E-state index is 15.2. The van der Waals surface area contributed by atoms with Crippen LogP contribution in [0.3, 0.4) is 0 Å². The third kappa shape index (κ3) is 4.79. The van der Waals surface area contributed by atoms with Gasteiger partial charge in [0.15, 0.2) is 0 Å². The molecule has 0 aromatic heterocycles. The number of benzene rings is 4. The molecule has 256 valence electrons. The van der Waals surface area contributed by atoms with Crippen molar-refractivity contribution in [1.29, 1.82) is 0 Å². The predicted molar refractivity (Wildman–Crippen MR) is 187 cm³/mol. The molecule has 2 heterocycles. The minimum absolute atomic E-state index is 0.0759. The Morgan fingerprint density at radius 1 is 0.882 bits per heavy atom. The Labute approximate surface area is 297 Å². The van der Waals surface area contributed by atoms with E-state index < -0.39 is 63.6 Å². The van der Waals surface area contributed by atoms with Gasteiger partial charge in [-0.2, -0.15) is 5.01 Å². The smallest absolute Gasteiger partial charge is 0.271 e. The second-order valence-corrected chi connectivity index (χ2v) is 14.0. The molecule has 8 rings (SSSR count). The van der Waals surface area contributed by atoms with E-state index in [1.54, 1.807) is 30.3 Å². The molecule has 2 N–H and O–H groups in total. The number of aromatic hydroxyl groups is 1. The molecule has 0 radical (unpaired) electrons. The van der Waals surface area contributed by atoms with E-state index in [1.165, 1.54) is 36.4 Å². The van der Waals surface area contributed by atoms with E-state index in [1.807, 2.05) is 43.3 Å². The molecule has 2 aliphatic carbocycles. The monoisotopic (exact) mass is 702 g/mol. The molecule has 1 saturated carbocycles. The minimum atomic E-state index is -1.52. The number of allylic oxidation sites excluding steroid dienone is 2. The number of phenolic OH excluding ortho intramolecular Hbond substituents is 1. The van der Waals surface area contributed by atoms with Crippen molar-refractivity contribution in [2.24, 2.45) is 23.7 Å². The highest BCUT2D eigenvalue weighted by atomic mass is 35.5. The number of non-ortho nitro benzene ring substituents is 1. The zero-order chi connectivity index (χ0) is 35.8. The number of fused-ring (bicyclic) bond motifs is 4. The third-order valence-corrected chi connectivity index (χ3v) is 11.3. The first-order chi connectivity index (χ1) is 24.5. The van der Waals surface area contributed by atoms with Crippen LogP contribution in [0.2, 0.25) is 5.02 Å². The molecule has 4 aromatic carbocycles. The lowest BCUT2D eigenvalue weighted by atomic mass is 9.49. The lowest BCUT2D eigenvalue weighted by molar-refractivity contribution is -0.384. The fourth-order valence-corrected chi connectivity index (χ4v) is 9.13. The second-order valence-electron chi connectivity index (χ2n) is 13.6. The number of nitrogens with zero attached hydrogens (tertiary/aromatic N) is 3. The first-order valence-corrected chi connectivity index (χ1v) is 17.0. The van der Waals surface area contributed by atoms with Gasteiger partial charge in [0, 0.05) is 23.1 Å². The Kier molecular flexibility index (Phi) is 7.57. The maximum atomic E-state index is 15.2. The third-order valence-electron chi connectivity index (χ3n) is 11.0. The number of rotatable bonds is 6. The number of anilines is 2. The number of aryl methyl sites for hydroxylation is 1. The number of amides is 4. The predicted octanol–water partition coefficient (Wildman–Crippen LogP) is 6.45. The van der Waals surface area contributed by atoms with Crippen molar-refractivity contribution in [3.63, 3.8) is 0 Å². The van der Waals surface area contributed by atoms with Crippen molar-refractivity contribution in [2.75, 3.05) is 10.3 Å². The summed E-state index contributed by atoms with van der Waals surface area (Å²) in [6, 6.07) is 26.3. The molecule has 11 nitrogen and oxygen atoms in total. The second kappa shape index (κ2) is 11.9. The summed E-state index contributed by atoms with van der Waals surface area (Å²) in [6.45, 7) is 1.93. The van der Waals surface area contributed by atoms with Gasteiger partial charge >= 0.3 is 0 Å². The summed E-state index contributed by atoms with van der Waals surface area (Å²) in [7, 11) is 0. The SMILES string of the molecule is Cc1ccc(NN2C(=O)[C@@H]3C[C@@H]4C(=CC[C@@H]5C(=O)N(c6cccc([N+](=O)[O-])c6)C(=O)[C@@H]54)[C@H](c4ccc(O)cc4Cl)[C@]3(c3ccccc3)C2=O)cc1. The fraction of sp³-hybridized carbons (Fsp3) is 0.231. The molecule has 0 spiro atoms. The van der Waals surface area contributed by atoms with Gasteiger partial charge < -0.3 is 5.11 Å². The molecule has 0 unspecified atom stereocenters. The highest BCUT2D eigenvalue weighted by molar-refractivity contribution is 6.31. The van der Waals surface area contributed by atoms with Crippen molar-refractivity contribution in [2.45, 2.75) is 31.1 Å². The fourth-order valence-electron chi connectivity index (χ4n) is 8.84. The standard InChI is InChI=1S/C39H31ClN4O7/c1-21-10-12-23(13-11-21)41-43-36(47)31-20-30-27(16-17-29-33(30)37(48)42(35(29)46)24-8-5-9-25(18-24)44(50)51)34(28-15-14-26(45)19-32(28)40)39(31,38(43)49)22-6-3-2-4-7-22/h2-16,18-19,29-31,33-34,41,45H,17,20H2,1H3/t29-,30+,31-,33-,34+,39+/m0/s1. The van der Waals surface area contributed by atoms with Crippen molar-refractivity contribution in [3.05, 3.63) is 141 Å². The Bertz CT molecular complexity index is 2190. The van der Waals surface area contributed by atoms with Gasteiger partial charge in [-0.05, 0) is 67.1 Å². The number of nitrogens with one attached hydrogen (secondary N) is 1. The zero-order valence-electron chi connectivity index (χ0n) is 27.2. The number of hydrogen-bond donors (Lipinski definition) is 2. The summed E-state index contributed by atoms with van der Waals surface area (Å²) in [6.07, 6.45) is 2.14. The van der Waals surface area contributed by atoms with Crippen LogP contribution in [0.15, 0.2) is 109 Å². The number of carbonyl (C=O) groups is 4. The van der Waals surface area contributed by atoms with Crippen LogP contribution in [0.1, 0.15) is 35.4 Å². The van der Waals surface area contributed by atoms with E-state index >= 15 is 4.79 Å². The minimum Gasteiger partial charge on any atom is -0.508 e. The average Bonchev–Trinajstić information content (AvgIpc) is 3.50. The highest BCUT2D eigenvalue weighted by Crippen LogP contribution is 2.64. The van der Waals surface area contributed by atoms with E-state index in [4.69, 9.17) is 11.6 Å². The van der Waals surface area contributed by atoms with Gasteiger partial charge in [0.05, 0.1) is 39.5 Å². The number of imide groups is 2. The van der Waals surface area contributed by atoms with Crippen LogP contribution in [0.5, 0.6) is 5.75 Å². The van der Waals surface area contributed by atoms with Crippen LogP contribution >= 0.6 is 11.6 Å². The van der Waals surface area contributed by atoms with Crippen LogP contribution in [-0.2, 0) is 24.6 Å². The molecule has 12 heteroatoms. The highest BCUT2D eigenvalue weighted by Gasteiger charge is 2.70. The van der Waals surface area contributed by atoms with E-state index in [-0.39, 0.29) is 35.0 Å². The van der Waals surface area contributed by atoms with Crippen molar-refractivity contribution in [1.82, 2.24) is 5.01 Å². The molecule has 2 aliphatic heterocycles. The van der Waals surface area contributed by atoms with Gasteiger partial charge in [0.2, 0.25) is 11.8 Å². The van der Waals surface area contributed by atoms with E-state index in [2.05, 4.69) is 5.43 Å². The van der Waals surface area contributed by atoms with Gasteiger partial charge in [0.25, 0.3) is 17.5 Å². The first kappa shape index (κ1) is 32.4. The number of hydrogen-bond acceptors (Lipinski definition) is 8. The molecular weight excluding hydrogens is 672 g/mol. The maximum Gasteiger partial charge on any atom is 0.271 e. The van der Waals surface area contributed by atoms with Crippen LogP contribution in [-0.4, -0.2) is 38.7 Å². The molecule has 4 amide bonds. The topological polar surface area (TPSA) is 150 Å². The van der Waals surface area contributed by atoms with Crippen LogP contribution in [0.4, 0.5) is 17.1 Å². The molecular formula is C39H31ClN4O7. The zero-order valence-corrected chi connectivity index (χ0v) is 28.0. The van der Waals surface area contributed by atoms with Gasteiger partial charge in [-0.1, -0.05) is 83.4 Å². The van der Waals surface area contributed by atoms with Gasteiger partial charge in [-0.25, -0.2) is 4.90 Å². The Balaban J connectivity index is 1.31. The molecule has 4 aliphatic rings. The van der Waals surface area contributed by atoms with Gasteiger partial charge in [-0.3, -0.25) is 34.7 Å². The summed E-state index contributed by atoms with van der Waals surface area (Å²) < 4.78 is 0. The van der Waals surface area contributed by atoms with Crippen molar-refractivity contribution in [3.8, 4) is 5.75 Å². The lowest BCUT2D eigenvalue weighted by Crippen LogP contribution is -2.53. The van der Waals surface area contributed by atoms with E-state index in [9.17, 15) is 29.6 Å². The van der Waals surface area contributed by atoms with Crippen molar-refractivity contribution < 1.29 is 29.2 Å². The Hall–Kier alpha value is -5.81. The normalized spacial score (nSPS) is 26.8. The summed E-state index contributed by atoms with van der Waals surface area (Å²) in [5.74, 6) is -6.25. The first-order valence-electron chi connectivity index (χ1n) is 16.6. The number of nitro benzene ring substituents is 1. The molecule has 3 fully saturated rings. The molecule has 51 heavy (non-hydrogen) atoms. The van der Waals surface area contributed by atoms with Crippen LogP contribution in [0.25, 0.3) is 0 Å². The van der Waals surface area contributed by atoms with E-state index in [0.717, 1.165) is 15.5 Å². The van der Waals surface area contributed by atoms with Crippen molar-refractivity contribution >= 4 is 52.3 Å². The molecule has 4 aromatic rings. The van der Waals surface area contributed by atoms with E-state index in [0.29, 0.717) is 22.4 Å². The number of phenols is 1. The largest absolute Gasteiger partial charge is 0.508 e. The Morgan fingerprint density at radius 2 is 1.63 bits per heavy atom. The quantitative estimate of drug-likeness (QED) is 0.101. The average molecular weight is 703 g/mol. The summed E-state index contributed by atoms with van der Waals surface area (Å²) in [5, 5.41) is 23.2. The number of hydrazine groups is 1. The van der Waals surface area contributed by atoms with Gasteiger partial charge in [-0.15, -0.1) is 0 Å². The lowest BCUT2D eigenvalue weighted by Gasteiger charge is -2.50. The summed E-state index contributed by atoms with van der Waals surface area (Å²) in [5.41, 5.74) is 4.69. The molecule has 2 saturated heterocycles. The van der Waals surface area contributed by atoms with Crippen LogP contribution in [0, 0.1) is 40.7 Å². The Morgan fingerprint density at radius 3 is 2.33 bits per heavy atom. The number of nitro groups is 1. The van der Waals surface area contributed by atoms with Gasteiger partial charge in [0.1, 0.15) is 5.75 Å². The molecule has 6 atom stereocenters. The van der Waals surface area contributed by atoms with Crippen LogP contribution < -0.4 is 10.3 Å². The molecule has 0 bridgehead atoms. The number of halogens is 1. The number of carbonyl (C=O) groups excluding carboxylic acids is 4. The summed E-state index contributed by atoms with van der Waals surface area (Å²) in [4.78, 5) is 70.3. The summed E-state index contributed by atoms with van der Waals surface area (Å²) >= 11 is 6.91.